The largest absolute Gasteiger partial charge is 0.486 e. The maximum Gasteiger partial charge on any atom is 0.179 e. The summed E-state index contributed by atoms with van der Waals surface area (Å²) >= 11 is 6.18. The minimum Gasteiger partial charge on any atom is -0.486 e. The summed E-state index contributed by atoms with van der Waals surface area (Å²) < 4.78 is 16.2. The summed E-state index contributed by atoms with van der Waals surface area (Å²) in [4.78, 5) is 0. The van der Waals surface area contributed by atoms with Crippen LogP contribution in [0.25, 0.3) is 0 Å². The van der Waals surface area contributed by atoms with Crippen LogP contribution in [0.15, 0.2) is 12.1 Å². The SMILES string of the molecule is OC1(CNCc2cc(Cl)c3c(c2)OCCO3)CCOC1. The van der Waals surface area contributed by atoms with Crippen molar-refractivity contribution in [3.8, 4) is 11.5 Å². The Balaban J connectivity index is 1.61. The molecule has 1 fully saturated rings. The van der Waals surface area contributed by atoms with Gasteiger partial charge in [0.15, 0.2) is 11.5 Å². The highest BCUT2D eigenvalue weighted by Crippen LogP contribution is 2.38. The molecule has 3 rings (SSSR count). The van der Waals surface area contributed by atoms with Gasteiger partial charge in [-0.05, 0) is 17.7 Å². The molecule has 2 N–H and O–H groups in total. The van der Waals surface area contributed by atoms with Crippen molar-refractivity contribution >= 4 is 11.6 Å². The van der Waals surface area contributed by atoms with Crippen LogP contribution >= 0.6 is 11.6 Å². The maximum atomic E-state index is 10.2. The Bertz CT molecular complexity index is 488. The van der Waals surface area contributed by atoms with Crippen LogP contribution < -0.4 is 14.8 Å². The molecule has 0 radical (unpaired) electrons. The fraction of sp³-hybridized carbons (Fsp3) is 0.571. The smallest absolute Gasteiger partial charge is 0.179 e. The van der Waals surface area contributed by atoms with E-state index in [1.54, 1.807) is 0 Å². The van der Waals surface area contributed by atoms with Gasteiger partial charge < -0.3 is 24.6 Å². The molecule has 20 heavy (non-hydrogen) atoms. The molecule has 110 valence electrons. The van der Waals surface area contributed by atoms with E-state index in [0.29, 0.717) is 62.5 Å². The topological polar surface area (TPSA) is 60.0 Å². The number of rotatable bonds is 4. The lowest BCUT2D eigenvalue weighted by atomic mass is 10.0. The highest BCUT2D eigenvalue weighted by atomic mass is 35.5. The molecule has 1 aromatic rings. The summed E-state index contributed by atoms with van der Waals surface area (Å²) in [6.45, 7) is 3.18. The number of nitrogens with one attached hydrogen (secondary N) is 1. The fourth-order valence-electron chi connectivity index (χ4n) is 2.44. The first-order valence-corrected chi connectivity index (χ1v) is 7.13. The van der Waals surface area contributed by atoms with E-state index in [9.17, 15) is 5.11 Å². The monoisotopic (exact) mass is 299 g/mol. The number of fused-ring (bicyclic) bond motifs is 1. The van der Waals surface area contributed by atoms with Crippen LogP contribution in [0.1, 0.15) is 12.0 Å². The van der Waals surface area contributed by atoms with Gasteiger partial charge in [0, 0.05) is 26.1 Å². The molecule has 0 saturated carbocycles. The van der Waals surface area contributed by atoms with Crippen molar-refractivity contribution in [2.75, 3.05) is 33.0 Å². The quantitative estimate of drug-likeness (QED) is 0.879. The molecule has 1 unspecified atom stereocenters. The molecule has 2 aliphatic rings. The lowest BCUT2D eigenvalue weighted by Gasteiger charge is -2.22. The van der Waals surface area contributed by atoms with Crippen molar-refractivity contribution in [1.29, 1.82) is 0 Å². The molecule has 2 aliphatic heterocycles. The number of benzene rings is 1. The van der Waals surface area contributed by atoms with Crippen LogP contribution in [0.4, 0.5) is 0 Å². The third-order valence-electron chi connectivity index (χ3n) is 3.52. The predicted octanol–water partition coefficient (Wildman–Crippen LogP) is 1.35. The Morgan fingerprint density at radius 2 is 2.10 bits per heavy atom. The molecule has 1 aromatic carbocycles. The average Bonchev–Trinajstić information content (AvgIpc) is 2.86. The molecule has 0 bridgehead atoms. The van der Waals surface area contributed by atoms with E-state index >= 15 is 0 Å². The molecule has 1 saturated heterocycles. The van der Waals surface area contributed by atoms with Gasteiger partial charge in [0.25, 0.3) is 0 Å². The van der Waals surface area contributed by atoms with Crippen molar-refractivity contribution < 1.29 is 19.3 Å². The fourth-order valence-corrected chi connectivity index (χ4v) is 2.73. The molecule has 0 spiro atoms. The van der Waals surface area contributed by atoms with Crippen molar-refractivity contribution in [2.24, 2.45) is 0 Å². The standard InChI is InChI=1S/C14H18ClNO4/c15-11-5-10(6-12-13(11)20-4-3-19-12)7-16-8-14(17)1-2-18-9-14/h5-6,16-17H,1-4,7-9H2. The summed E-state index contributed by atoms with van der Waals surface area (Å²) in [6, 6.07) is 3.78. The van der Waals surface area contributed by atoms with Gasteiger partial charge >= 0.3 is 0 Å². The van der Waals surface area contributed by atoms with Crippen molar-refractivity contribution in [1.82, 2.24) is 5.32 Å². The highest BCUT2D eigenvalue weighted by Gasteiger charge is 2.31. The highest BCUT2D eigenvalue weighted by molar-refractivity contribution is 6.32. The van der Waals surface area contributed by atoms with E-state index in [-0.39, 0.29) is 0 Å². The second kappa shape index (κ2) is 5.77. The van der Waals surface area contributed by atoms with Crippen molar-refractivity contribution in [2.45, 2.75) is 18.6 Å². The normalized spacial score (nSPS) is 24.9. The molecule has 2 heterocycles. The Hall–Kier alpha value is -1.01. The van der Waals surface area contributed by atoms with Gasteiger partial charge in [0.2, 0.25) is 0 Å². The van der Waals surface area contributed by atoms with Crippen LogP contribution in [0.3, 0.4) is 0 Å². The number of halogens is 1. The lowest BCUT2D eigenvalue weighted by Crippen LogP contribution is -2.40. The van der Waals surface area contributed by atoms with Crippen molar-refractivity contribution in [3.63, 3.8) is 0 Å². The van der Waals surface area contributed by atoms with E-state index in [1.165, 1.54) is 0 Å². The minimum absolute atomic E-state index is 0.391. The van der Waals surface area contributed by atoms with E-state index in [1.807, 2.05) is 12.1 Å². The molecule has 0 aromatic heterocycles. The zero-order chi connectivity index (χ0) is 14.0. The molecular formula is C14H18ClNO4. The Morgan fingerprint density at radius 1 is 1.25 bits per heavy atom. The molecule has 6 heteroatoms. The third-order valence-corrected chi connectivity index (χ3v) is 3.80. The van der Waals surface area contributed by atoms with E-state index < -0.39 is 5.60 Å². The molecule has 0 amide bonds. The van der Waals surface area contributed by atoms with Gasteiger partial charge in [-0.3, -0.25) is 0 Å². The van der Waals surface area contributed by atoms with E-state index in [2.05, 4.69) is 5.32 Å². The van der Waals surface area contributed by atoms with Crippen LogP contribution in [0.5, 0.6) is 11.5 Å². The van der Waals surface area contributed by atoms with Gasteiger partial charge in [-0.2, -0.15) is 0 Å². The molecule has 5 nitrogen and oxygen atoms in total. The number of hydrogen-bond donors (Lipinski definition) is 2. The Morgan fingerprint density at radius 3 is 2.90 bits per heavy atom. The van der Waals surface area contributed by atoms with Crippen LogP contribution in [0.2, 0.25) is 5.02 Å². The summed E-state index contributed by atoms with van der Waals surface area (Å²) in [5, 5.41) is 13.9. The first kappa shape index (κ1) is 13.9. The maximum absolute atomic E-state index is 10.2. The van der Waals surface area contributed by atoms with Crippen LogP contribution in [-0.2, 0) is 11.3 Å². The van der Waals surface area contributed by atoms with Gasteiger partial charge in [-0.25, -0.2) is 0 Å². The van der Waals surface area contributed by atoms with E-state index in [0.717, 1.165) is 5.56 Å². The number of ether oxygens (including phenoxy) is 3. The van der Waals surface area contributed by atoms with Gasteiger partial charge in [0.05, 0.1) is 11.6 Å². The Labute approximate surface area is 122 Å². The van der Waals surface area contributed by atoms with Crippen LogP contribution in [0, 0.1) is 0 Å². The second-order valence-corrected chi connectivity index (χ2v) is 5.64. The van der Waals surface area contributed by atoms with Crippen LogP contribution in [-0.4, -0.2) is 43.7 Å². The zero-order valence-corrected chi connectivity index (χ0v) is 11.9. The second-order valence-electron chi connectivity index (χ2n) is 5.23. The van der Waals surface area contributed by atoms with Crippen molar-refractivity contribution in [3.05, 3.63) is 22.7 Å². The summed E-state index contributed by atoms with van der Waals surface area (Å²) in [5.41, 5.74) is 0.249. The number of aliphatic hydroxyl groups is 1. The average molecular weight is 300 g/mol. The summed E-state index contributed by atoms with van der Waals surface area (Å²) in [5.74, 6) is 1.30. The van der Waals surface area contributed by atoms with Gasteiger partial charge in [-0.15, -0.1) is 0 Å². The first-order chi connectivity index (χ1) is 9.66. The lowest BCUT2D eigenvalue weighted by molar-refractivity contribution is 0.0268. The molecular weight excluding hydrogens is 282 g/mol. The van der Waals surface area contributed by atoms with E-state index in [4.69, 9.17) is 25.8 Å². The Kier molecular flexibility index (Phi) is 4.03. The summed E-state index contributed by atoms with van der Waals surface area (Å²) in [6.07, 6.45) is 0.669. The molecule has 0 aliphatic carbocycles. The first-order valence-electron chi connectivity index (χ1n) is 6.75. The number of hydrogen-bond acceptors (Lipinski definition) is 5. The summed E-state index contributed by atoms with van der Waals surface area (Å²) in [7, 11) is 0. The minimum atomic E-state index is -0.752. The zero-order valence-electron chi connectivity index (χ0n) is 11.2. The molecule has 1 atom stereocenters. The van der Waals surface area contributed by atoms with Gasteiger partial charge in [0.1, 0.15) is 18.8 Å². The third kappa shape index (κ3) is 3.01. The predicted molar refractivity (Wildman–Crippen MR) is 74.5 cm³/mol. The van der Waals surface area contributed by atoms with Gasteiger partial charge in [-0.1, -0.05) is 11.6 Å².